The van der Waals surface area contributed by atoms with E-state index in [0.29, 0.717) is 34.6 Å². The number of hydrogen-bond acceptors (Lipinski definition) is 5. The van der Waals surface area contributed by atoms with E-state index in [2.05, 4.69) is 0 Å². The van der Waals surface area contributed by atoms with E-state index in [9.17, 15) is 23.7 Å². The number of aliphatic hydroxyl groups is 2. The molecule has 0 saturated carbocycles. The SMILES string of the molecule is CN1CC/C(=C\c2cc(C(C)(C)CO)c(O)c(C(C)(C)CO)c2)S1(=O)=O. The maximum Gasteiger partial charge on any atom is 0.239 e. The third kappa shape index (κ3) is 3.67. The summed E-state index contributed by atoms with van der Waals surface area (Å²) < 4.78 is 26.1. The van der Waals surface area contributed by atoms with Gasteiger partial charge in [0.15, 0.2) is 0 Å². The van der Waals surface area contributed by atoms with E-state index in [4.69, 9.17) is 0 Å². The highest BCUT2D eigenvalue weighted by Crippen LogP contribution is 2.40. The van der Waals surface area contributed by atoms with Crippen molar-refractivity contribution in [2.24, 2.45) is 0 Å². The number of aliphatic hydroxyl groups excluding tert-OH is 2. The molecule has 0 unspecified atom stereocenters. The van der Waals surface area contributed by atoms with Crippen molar-refractivity contribution in [2.45, 2.75) is 44.9 Å². The molecular formula is C19H29NO5S. The summed E-state index contributed by atoms with van der Waals surface area (Å²) in [6.07, 6.45) is 2.04. The van der Waals surface area contributed by atoms with Gasteiger partial charge in [0.25, 0.3) is 0 Å². The van der Waals surface area contributed by atoms with Crippen LogP contribution in [0.3, 0.4) is 0 Å². The Balaban J connectivity index is 2.72. The van der Waals surface area contributed by atoms with Crippen molar-refractivity contribution in [1.82, 2.24) is 4.31 Å². The van der Waals surface area contributed by atoms with Gasteiger partial charge in [0.2, 0.25) is 10.0 Å². The minimum Gasteiger partial charge on any atom is -0.507 e. The van der Waals surface area contributed by atoms with Gasteiger partial charge in [0.05, 0.1) is 18.1 Å². The zero-order valence-corrected chi connectivity index (χ0v) is 16.9. The summed E-state index contributed by atoms with van der Waals surface area (Å²) in [5.74, 6) is 0.0247. The molecule has 0 aliphatic carbocycles. The molecule has 146 valence electrons. The lowest BCUT2D eigenvalue weighted by atomic mass is 9.77. The molecule has 1 fully saturated rings. The molecule has 1 heterocycles. The Kier molecular flexibility index (Phi) is 5.59. The van der Waals surface area contributed by atoms with E-state index >= 15 is 0 Å². The average Bonchev–Trinajstić information content (AvgIpc) is 2.82. The number of phenolic OH excluding ortho intramolecular Hbond substituents is 1. The average molecular weight is 384 g/mol. The van der Waals surface area contributed by atoms with E-state index in [1.165, 1.54) is 4.31 Å². The first-order chi connectivity index (χ1) is 11.9. The minimum absolute atomic E-state index is 0.0247. The van der Waals surface area contributed by atoms with Gasteiger partial charge in [-0.2, -0.15) is 0 Å². The normalized spacial score (nSPS) is 20.0. The molecule has 0 radical (unpaired) electrons. The van der Waals surface area contributed by atoms with Gasteiger partial charge in [-0.1, -0.05) is 27.7 Å². The van der Waals surface area contributed by atoms with Crippen molar-refractivity contribution < 1.29 is 23.7 Å². The standard InChI is InChI=1S/C19H29NO5S/c1-18(2,11-21)15-9-13(8-14-6-7-20(5)26(14,24)25)10-16(17(15)23)19(3,4)12-22/h8-10,21-23H,6-7,11-12H2,1-5H3/b14-8+. The summed E-state index contributed by atoms with van der Waals surface area (Å²) in [6.45, 7) is 7.28. The quantitative estimate of drug-likeness (QED) is 0.722. The maximum atomic E-state index is 12.4. The Morgan fingerprint density at radius 3 is 1.88 bits per heavy atom. The second-order valence-corrected chi connectivity index (χ2v) is 10.3. The summed E-state index contributed by atoms with van der Waals surface area (Å²) in [7, 11) is -1.90. The van der Waals surface area contributed by atoms with E-state index in [-0.39, 0.29) is 19.0 Å². The van der Waals surface area contributed by atoms with Gasteiger partial charge in [-0.3, -0.25) is 0 Å². The van der Waals surface area contributed by atoms with E-state index in [1.54, 1.807) is 53.0 Å². The molecule has 26 heavy (non-hydrogen) atoms. The predicted octanol–water partition coefficient (Wildman–Crippen LogP) is 1.94. The molecule has 0 bridgehead atoms. The third-order valence-corrected chi connectivity index (χ3v) is 7.11. The Labute approximate surface area is 155 Å². The van der Waals surface area contributed by atoms with Crippen molar-refractivity contribution >= 4 is 16.1 Å². The fraction of sp³-hybridized carbons (Fsp3) is 0.579. The fourth-order valence-electron chi connectivity index (χ4n) is 2.99. The van der Waals surface area contributed by atoms with Gasteiger partial charge in [0.1, 0.15) is 5.75 Å². The van der Waals surface area contributed by atoms with Gasteiger partial charge in [0, 0.05) is 35.5 Å². The molecule has 1 aromatic carbocycles. The topological polar surface area (TPSA) is 98.1 Å². The van der Waals surface area contributed by atoms with Crippen molar-refractivity contribution in [3.05, 3.63) is 33.7 Å². The van der Waals surface area contributed by atoms with Gasteiger partial charge in [-0.05, 0) is 30.2 Å². The molecule has 0 aromatic heterocycles. The zero-order valence-electron chi connectivity index (χ0n) is 16.1. The molecule has 1 aliphatic heterocycles. The van der Waals surface area contributed by atoms with E-state index in [0.717, 1.165) is 0 Å². The number of hydrogen-bond donors (Lipinski definition) is 3. The first kappa shape index (κ1) is 20.9. The summed E-state index contributed by atoms with van der Waals surface area (Å²) in [5, 5.41) is 30.3. The van der Waals surface area contributed by atoms with Crippen molar-refractivity contribution in [1.29, 1.82) is 0 Å². The summed E-state index contributed by atoms with van der Waals surface area (Å²) >= 11 is 0. The predicted molar refractivity (Wildman–Crippen MR) is 102 cm³/mol. The van der Waals surface area contributed by atoms with Crippen LogP contribution in [0.5, 0.6) is 5.75 Å². The Morgan fingerprint density at radius 1 is 1.08 bits per heavy atom. The van der Waals surface area contributed by atoms with Crippen LogP contribution >= 0.6 is 0 Å². The highest BCUT2D eigenvalue weighted by molar-refractivity contribution is 7.93. The number of nitrogens with zero attached hydrogens (tertiary/aromatic N) is 1. The van der Waals surface area contributed by atoms with Crippen LogP contribution in [-0.4, -0.2) is 54.8 Å². The van der Waals surface area contributed by atoms with Gasteiger partial charge in [-0.25, -0.2) is 12.7 Å². The molecule has 2 rings (SSSR count). The number of benzene rings is 1. The molecule has 7 heteroatoms. The third-order valence-electron chi connectivity index (χ3n) is 5.12. The van der Waals surface area contributed by atoms with Crippen LogP contribution in [-0.2, 0) is 20.9 Å². The number of sulfonamides is 1. The first-order valence-electron chi connectivity index (χ1n) is 8.63. The molecule has 0 amide bonds. The molecule has 1 saturated heterocycles. The number of rotatable bonds is 5. The molecule has 1 aliphatic rings. The molecule has 0 atom stereocenters. The Morgan fingerprint density at radius 2 is 1.54 bits per heavy atom. The smallest absolute Gasteiger partial charge is 0.239 e. The van der Waals surface area contributed by atoms with Crippen molar-refractivity contribution in [2.75, 3.05) is 26.8 Å². The fourth-order valence-corrected chi connectivity index (χ4v) is 4.36. The molecule has 0 spiro atoms. The van der Waals surface area contributed by atoms with Crippen LogP contribution in [0.25, 0.3) is 6.08 Å². The lowest BCUT2D eigenvalue weighted by molar-refractivity contribution is 0.207. The van der Waals surface area contributed by atoms with Crippen molar-refractivity contribution in [3.8, 4) is 5.75 Å². The van der Waals surface area contributed by atoms with Crippen LogP contribution in [0, 0.1) is 0 Å². The summed E-state index contributed by atoms with van der Waals surface area (Å²) in [6, 6.07) is 3.42. The number of phenols is 1. The Hall–Kier alpha value is -1.41. The van der Waals surface area contributed by atoms with Crippen LogP contribution in [0.4, 0.5) is 0 Å². The largest absolute Gasteiger partial charge is 0.507 e. The second-order valence-electron chi connectivity index (χ2n) is 8.24. The lowest BCUT2D eigenvalue weighted by Crippen LogP contribution is -2.26. The Bertz CT molecular complexity index is 787. The maximum absolute atomic E-state index is 12.4. The molecule has 6 nitrogen and oxygen atoms in total. The summed E-state index contributed by atoms with van der Waals surface area (Å²) in [4.78, 5) is 0.325. The first-order valence-corrected chi connectivity index (χ1v) is 10.1. The van der Waals surface area contributed by atoms with Gasteiger partial charge < -0.3 is 15.3 Å². The van der Waals surface area contributed by atoms with Gasteiger partial charge >= 0.3 is 0 Å². The molecule has 3 N–H and O–H groups in total. The van der Waals surface area contributed by atoms with E-state index in [1.807, 2.05) is 0 Å². The zero-order chi connectivity index (χ0) is 19.9. The highest BCUT2D eigenvalue weighted by atomic mass is 32.2. The monoisotopic (exact) mass is 383 g/mol. The van der Waals surface area contributed by atoms with Gasteiger partial charge in [-0.15, -0.1) is 0 Å². The molecule has 1 aromatic rings. The lowest BCUT2D eigenvalue weighted by Gasteiger charge is -2.30. The van der Waals surface area contributed by atoms with E-state index < -0.39 is 20.9 Å². The second kappa shape index (κ2) is 6.96. The van der Waals surface area contributed by atoms with Crippen LogP contribution in [0.1, 0.15) is 50.8 Å². The summed E-state index contributed by atoms with van der Waals surface area (Å²) in [5.41, 5.74) is 0.239. The van der Waals surface area contributed by atoms with Crippen LogP contribution in [0.15, 0.2) is 17.0 Å². The van der Waals surface area contributed by atoms with Crippen LogP contribution in [0.2, 0.25) is 0 Å². The minimum atomic E-state index is -3.45. The van der Waals surface area contributed by atoms with Crippen LogP contribution < -0.4 is 0 Å². The highest BCUT2D eigenvalue weighted by Gasteiger charge is 2.33. The van der Waals surface area contributed by atoms with Crippen molar-refractivity contribution in [3.63, 3.8) is 0 Å². The number of aromatic hydroxyl groups is 1. The molecular weight excluding hydrogens is 354 g/mol.